The first-order valence-corrected chi connectivity index (χ1v) is 5.03. The molecule has 2 aromatic heterocycles. The largest absolute Gasteiger partial charge is 0.298 e. The van der Waals surface area contributed by atoms with Gasteiger partial charge in [-0.05, 0) is 10.3 Å². The minimum atomic E-state index is 0.335. The van der Waals surface area contributed by atoms with Crippen molar-refractivity contribution in [3.63, 3.8) is 0 Å². The minimum Gasteiger partial charge on any atom is -0.298 e. The maximum Gasteiger partial charge on any atom is 0.244 e. The van der Waals surface area contributed by atoms with Crippen LogP contribution < -0.4 is 0 Å². The molecule has 0 unspecified atom stereocenters. The zero-order valence-electron chi connectivity index (χ0n) is 8.51. The standard InChI is InChI=1S/C11H5N5O/c12-7-5-3-1-2-4-6(5)8-9(7)14-11-10(13-8)15-17-16-11/h1-4,12H. The smallest absolute Gasteiger partial charge is 0.244 e. The Labute approximate surface area is 94.8 Å². The Kier molecular flexibility index (Phi) is 1.37. The van der Waals surface area contributed by atoms with Crippen LogP contribution in [0.1, 0.15) is 11.3 Å². The van der Waals surface area contributed by atoms with Gasteiger partial charge in [-0.25, -0.2) is 14.6 Å². The second kappa shape index (κ2) is 2.73. The summed E-state index contributed by atoms with van der Waals surface area (Å²) in [5, 5.41) is 15.4. The molecule has 0 spiro atoms. The van der Waals surface area contributed by atoms with Gasteiger partial charge in [-0.2, -0.15) is 0 Å². The van der Waals surface area contributed by atoms with Gasteiger partial charge >= 0.3 is 0 Å². The Balaban J connectivity index is 2.16. The summed E-state index contributed by atoms with van der Waals surface area (Å²) in [4.78, 5) is 8.59. The lowest BCUT2D eigenvalue weighted by molar-refractivity contribution is 0.314. The van der Waals surface area contributed by atoms with Crippen LogP contribution in [0.2, 0.25) is 0 Å². The average molecular weight is 223 g/mol. The van der Waals surface area contributed by atoms with Crippen LogP contribution in [0, 0.1) is 5.41 Å². The fourth-order valence-corrected chi connectivity index (χ4v) is 2.04. The lowest BCUT2D eigenvalue weighted by Crippen LogP contribution is -1.99. The van der Waals surface area contributed by atoms with Crippen molar-refractivity contribution in [3.05, 3.63) is 35.5 Å². The molecule has 0 saturated heterocycles. The van der Waals surface area contributed by atoms with Crippen LogP contribution in [-0.2, 0) is 0 Å². The zero-order valence-corrected chi connectivity index (χ0v) is 8.51. The predicted molar refractivity (Wildman–Crippen MR) is 58.8 cm³/mol. The molecule has 0 amide bonds. The molecule has 1 N–H and O–H groups in total. The first kappa shape index (κ1) is 8.51. The van der Waals surface area contributed by atoms with Crippen LogP contribution in [0.4, 0.5) is 0 Å². The van der Waals surface area contributed by atoms with E-state index in [1.165, 1.54) is 0 Å². The number of benzene rings is 1. The third kappa shape index (κ3) is 0.963. The van der Waals surface area contributed by atoms with E-state index < -0.39 is 0 Å². The maximum absolute atomic E-state index is 8.06. The Morgan fingerprint density at radius 1 is 0.882 bits per heavy atom. The summed E-state index contributed by atoms with van der Waals surface area (Å²) < 4.78 is 4.57. The van der Waals surface area contributed by atoms with Crippen molar-refractivity contribution in [1.29, 1.82) is 5.41 Å². The van der Waals surface area contributed by atoms with E-state index in [4.69, 9.17) is 5.41 Å². The van der Waals surface area contributed by atoms with Crippen molar-refractivity contribution in [2.45, 2.75) is 0 Å². The molecular formula is C11H5N5O. The molecule has 6 heteroatoms. The molecule has 80 valence electrons. The molecule has 0 bridgehead atoms. The zero-order chi connectivity index (χ0) is 11.4. The first-order valence-electron chi connectivity index (χ1n) is 5.03. The molecule has 0 aliphatic heterocycles. The summed E-state index contributed by atoms with van der Waals surface area (Å²) in [6, 6.07) is 7.61. The molecular weight excluding hydrogens is 218 g/mol. The molecule has 2 heterocycles. The number of nitrogens with one attached hydrogen (secondary N) is 1. The fourth-order valence-electron chi connectivity index (χ4n) is 2.04. The van der Waals surface area contributed by atoms with Crippen molar-refractivity contribution in [2.75, 3.05) is 0 Å². The number of fused-ring (bicyclic) bond motifs is 4. The molecule has 17 heavy (non-hydrogen) atoms. The number of rotatable bonds is 0. The van der Waals surface area contributed by atoms with E-state index in [9.17, 15) is 0 Å². The van der Waals surface area contributed by atoms with Gasteiger partial charge in [0.05, 0.1) is 5.71 Å². The Morgan fingerprint density at radius 2 is 1.53 bits per heavy atom. The summed E-state index contributed by atoms with van der Waals surface area (Å²) in [5.41, 5.74) is 4.03. The van der Waals surface area contributed by atoms with E-state index in [1.807, 2.05) is 24.3 Å². The Hall–Kier alpha value is -2.63. The number of hydrogen-bond donors (Lipinski definition) is 1. The molecule has 1 aliphatic carbocycles. The van der Waals surface area contributed by atoms with Gasteiger partial charge in [0.1, 0.15) is 11.4 Å². The van der Waals surface area contributed by atoms with Crippen LogP contribution in [0.5, 0.6) is 0 Å². The van der Waals surface area contributed by atoms with Crippen molar-refractivity contribution >= 4 is 17.0 Å². The van der Waals surface area contributed by atoms with Crippen molar-refractivity contribution < 1.29 is 4.63 Å². The van der Waals surface area contributed by atoms with Gasteiger partial charge in [0, 0.05) is 11.1 Å². The van der Waals surface area contributed by atoms with Crippen LogP contribution >= 0.6 is 0 Å². The highest BCUT2D eigenvalue weighted by molar-refractivity contribution is 6.21. The number of nitrogens with zero attached hydrogens (tertiary/aromatic N) is 4. The van der Waals surface area contributed by atoms with Crippen molar-refractivity contribution in [2.24, 2.45) is 0 Å². The Morgan fingerprint density at radius 3 is 2.29 bits per heavy atom. The third-order valence-electron chi connectivity index (χ3n) is 2.80. The fraction of sp³-hybridized carbons (Fsp3) is 0. The molecule has 4 rings (SSSR count). The molecule has 6 nitrogen and oxygen atoms in total. The highest BCUT2D eigenvalue weighted by Gasteiger charge is 2.27. The summed E-state index contributed by atoms with van der Waals surface area (Å²) in [6.45, 7) is 0. The van der Waals surface area contributed by atoms with Crippen LogP contribution in [-0.4, -0.2) is 26.0 Å². The van der Waals surface area contributed by atoms with Gasteiger partial charge in [-0.1, -0.05) is 24.3 Å². The average Bonchev–Trinajstić information content (AvgIpc) is 2.92. The number of hydrogen-bond acceptors (Lipinski definition) is 6. The van der Waals surface area contributed by atoms with Crippen molar-refractivity contribution in [3.8, 4) is 11.3 Å². The van der Waals surface area contributed by atoms with Crippen molar-refractivity contribution in [1.82, 2.24) is 20.3 Å². The normalized spacial score (nSPS) is 12.8. The van der Waals surface area contributed by atoms with E-state index in [1.54, 1.807) is 0 Å². The highest BCUT2D eigenvalue weighted by atomic mass is 16.6. The summed E-state index contributed by atoms with van der Waals surface area (Å²) >= 11 is 0. The predicted octanol–water partition coefficient (Wildman–Crippen LogP) is 1.41. The second-order valence-corrected chi connectivity index (χ2v) is 3.75. The van der Waals surface area contributed by atoms with Gasteiger partial charge in [-0.15, -0.1) is 0 Å². The lowest BCUT2D eigenvalue weighted by atomic mass is 10.1. The molecule has 0 atom stereocenters. The van der Waals surface area contributed by atoms with E-state index >= 15 is 0 Å². The van der Waals surface area contributed by atoms with Gasteiger partial charge in [0.25, 0.3) is 0 Å². The van der Waals surface area contributed by atoms with Crippen LogP contribution in [0.25, 0.3) is 22.6 Å². The molecule has 1 aromatic carbocycles. The van der Waals surface area contributed by atoms with Gasteiger partial charge in [-0.3, -0.25) is 5.41 Å². The molecule has 0 fully saturated rings. The van der Waals surface area contributed by atoms with E-state index in [-0.39, 0.29) is 0 Å². The maximum atomic E-state index is 8.06. The first-order chi connectivity index (χ1) is 8.34. The van der Waals surface area contributed by atoms with Gasteiger partial charge < -0.3 is 0 Å². The van der Waals surface area contributed by atoms with E-state index in [0.29, 0.717) is 28.4 Å². The topological polar surface area (TPSA) is 88.5 Å². The summed E-state index contributed by atoms with van der Waals surface area (Å²) in [7, 11) is 0. The summed E-state index contributed by atoms with van der Waals surface area (Å²) in [6.07, 6.45) is 0. The minimum absolute atomic E-state index is 0.335. The molecule has 3 aromatic rings. The highest BCUT2D eigenvalue weighted by Crippen LogP contribution is 2.34. The third-order valence-corrected chi connectivity index (χ3v) is 2.80. The number of aromatic nitrogens is 4. The van der Waals surface area contributed by atoms with E-state index in [0.717, 1.165) is 11.1 Å². The van der Waals surface area contributed by atoms with Gasteiger partial charge in [0.15, 0.2) is 0 Å². The molecule has 1 aliphatic rings. The Bertz CT molecular complexity index is 776. The van der Waals surface area contributed by atoms with Gasteiger partial charge in [0.2, 0.25) is 11.3 Å². The summed E-state index contributed by atoms with van der Waals surface area (Å²) in [5.74, 6) is 0. The monoisotopic (exact) mass is 223 g/mol. The van der Waals surface area contributed by atoms with Crippen LogP contribution in [0.15, 0.2) is 28.9 Å². The molecule has 0 saturated carbocycles. The second-order valence-electron chi connectivity index (χ2n) is 3.75. The van der Waals surface area contributed by atoms with E-state index in [2.05, 4.69) is 24.9 Å². The lowest BCUT2D eigenvalue weighted by Gasteiger charge is -1.95. The molecule has 0 radical (unpaired) electrons. The quantitative estimate of drug-likeness (QED) is 0.486. The SMILES string of the molecule is N=C1c2ccccc2-c2nc3nonc3nc21. The van der Waals surface area contributed by atoms with Crippen LogP contribution in [0.3, 0.4) is 0 Å².